The summed E-state index contributed by atoms with van der Waals surface area (Å²) < 4.78 is 18.1. The summed E-state index contributed by atoms with van der Waals surface area (Å²) in [6.07, 6.45) is 5.43. The molecule has 2 fully saturated rings. The summed E-state index contributed by atoms with van der Waals surface area (Å²) in [7, 11) is 0. The highest BCUT2D eigenvalue weighted by atomic mass is 19.1. The van der Waals surface area contributed by atoms with Crippen LogP contribution in [0, 0.1) is 11.7 Å². The minimum atomic E-state index is -0.473. The third kappa shape index (κ3) is 3.17. The lowest BCUT2D eigenvalue weighted by atomic mass is 10.0. The molecule has 0 bridgehead atoms. The van der Waals surface area contributed by atoms with Gasteiger partial charge in [0.25, 0.3) is 0 Å². The number of anilines is 1. The third-order valence-corrected chi connectivity index (χ3v) is 4.55. The van der Waals surface area contributed by atoms with Crippen LogP contribution in [0.2, 0.25) is 0 Å². The van der Waals surface area contributed by atoms with Crippen LogP contribution in [0.1, 0.15) is 49.2 Å². The normalized spacial score (nSPS) is 27.3. The van der Waals surface area contributed by atoms with Crippen molar-refractivity contribution in [2.24, 2.45) is 5.92 Å². The molecule has 8 heteroatoms. The van der Waals surface area contributed by atoms with Gasteiger partial charge in [-0.15, -0.1) is 0 Å². The quantitative estimate of drug-likeness (QED) is 0.868. The molecule has 2 aromatic rings. The number of rotatable bonds is 5. The maximum atomic E-state index is 12.8. The molecular formula is C15H18FN5O2. The van der Waals surface area contributed by atoms with Gasteiger partial charge in [-0.1, -0.05) is 5.16 Å². The number of aromatic nitrogens is 4. The summed E-state index contributed by atoms with van der Waals surface area (Å²) in [6, 6.07) is 0. The highest BCUT2D eigenvalue weighted by molar-refractivity contribution is 5.23. The van der Waals surface area contributed by atoms with Gasteiger partial charge in [0.2, 0.25) is 11.8 Å². The number of halogens is 1. The fraction of sp³-hybridized carbons (Fsp3) is 0.600. The van der Waals surface area contributed by atoms with Crippen molar-refractivity contribution in [1.29, 1.82) is 0 Å². The van der Waals surface area contributed by atoms with Crippen molar-refractivity contribution in [2.75, 3.05) is 11.9 Å². The molecule has 3 atom stereocenters. The van der Waals surface area contributed by atoms with Crippen LogP contribution in [0.25, 0.3) is 0 Å². The highest BCUT2D eigenvalue weighted by Crippen LogP contribution is 2.41. The van der Waals surface area contributed by atoms with Gasteiger partial charge in [-0.3, -0.25) is 0 Å². The molecule has 0 unspecified atom stereocenters. The smallest absolute Gasteiger partial charge is 0.229 e. The van der Waals surface area contributed by atoms with E-state index in [1.807, 2.05) is 0 Å². The van der Waals surface area contributed by atoms with Gasteiger partial charge in [-0.05, 0) is 25.7 Å². The molecule has 2 aliphatic carbocycles. The first-order valence-corrected chi connectivity index (χ1v) is 7.92. The van der Waals surface area contributed by atoms with Crippen LogP contribution in [-0.4, -0.2) is 37.9 Å². The number of nitrogens with zero attached hydrogens (tertiary/aromatic N) is 4. The fourth-order valence-electron chi connectivity index (χ4n) is 3.07. The highest BCUT2D eigenvalue weighted by Gasteiger charge is 2.38. The first-order chi connectivity index (χ1) is 11.2. The molecule has 0 spiro atoms. The van der Waals surface area contributed by atoms with Gasteiger partial charge in [0, 0.05) is 24.3 Å². The molecule has 4 rings (SSSR count). The summed E-state index contributed by atoms with van der Waals surface area (Å²) in [5.74, 6) is 1.92. The largest absolute Gasteiger partial charge is 0.393 e. The van der Waals surface area contributed by atoms with Crippen LogP contribution in [0.5, 0.6) is 0 Å². The maximum absolute atomic E-state index is 12.8. The molecule has 2 heterocycles. The Morgan fingerprint density at radius 3 is 2.74 bits per heavy atom. The van der Waals surface area contributed by atoms with Crippen molar-refractivity contribution < 1.29 is 14.0 Å². The average Bonchev–Trinajstić information content (AvgIpc) is 3.16. The van der Waals surface area contributed by atoms with Crippen molar-refractivity contribution in [3.63, 3.8) is 0 Å². The van der Waals surface area contributed by atoms with E-state index in [2.05, 4.69) is 25.4 Å². The van der Waals surface area contributed by atoms with Gasteiger partial charge in [-0.2, -0.15) is 4.98 Å². The molecule has 0 amide bonds. The Hall–Kier alpha value is -2.09. The molecule has 122 valence electrons. The monoisotopic (exact) mass is 319 g/mol. The van der Waals surface area contributed by atoms with Crippen LogP contribution < -0.4 is 5.32 Å². The number of nitrogens with one attached hydrogen (secondary N) is 1. The van der Waals surface area contributed by atoms with Crippen molar-refractivity contribution >= 4 is 5.95 Å². The lowest BCUT2D eigenvalue weighted by Gasteiger charge is -2.14. The van der Waals surface area contributed by atoms with Crippen LogP contribution in [0.15, 0.2) is 16.9 Å². The van der Waals surface area contributed by atoms with Crippen LogP contribution in [-0.2, 0) is 0 Å². The zero-order valence-electron chi connectivity index (χ0n) is 12.5. The van der Waals surface area contributed by atoms with E-state index in [0.717, 1.165) is 37.5 Å². The number of aliphatic hydroxyl groups excluding tert-OH is 1. The standard InChI is InChI=1S/C15H18FN5O2/c16-11-6-18-15(19-7-11)17-5-10-3-9(4-12(10)22)14-20-13(21-23-14)8-1-2-8/h6-10,12,22H,1-5H2,(H,17,18,19)/t9-,10+,12+/m0/s1. The van der Waals surface area contributed by atoms with Crippen molar-refractivity contribution in [2.45, 2.75) is 43.6 Å². The fourth-order valence-corrected chi connectivity index (χ4v) is 3.07. The molecule has 2 saturated carbocycles. The zero-order valence-corrected chi connectivity index (χ0v) is 12.5. The summed E-state index contributed by atoms with van der Waals surface area (Å²) in [6.45, 7) is 0.521. The Balaban J connectivity index is 1.35. The van der Waals surface area contributed by atoms with Crippen LogP contribution in [0.3, 0.4) is 0 Å². The van der Waals surface area contributed by atoms with Gasteiger partial charge in [0.15, 0.2) is 11.6 Å². The average molecular weight is 319 g/mol. The summed E-state index contributed by atoms with van der Waals surface area (Å²) in [5, 5.41) is 17.3. The predicted octanol–water partition coefficient (Wildman–Crippen LogP) is 1.84. The molecule has 2 N–H and O–H groups in total. The molecule has 0 saturated heterocycles. The summed E-state index contributed by atoms with van der Waals surface area (Å²) in [5.41, 5.74) is 0. The number of aliphatic hydroxyl groups is 1. The van der Waals surface area contributed by atoms with Crippen LogP contribution in [0.4, 0.5) is 10.3 Å². The number of hydrogen-bond donors (Lipinski definition) is 2. The minimum absolute atomic E-state index is 0.0462. The second-order valence-corrected chi connectivity index (χ2v) is 6.37. The number of hydrogen-bond acceptors (Lipinski definition) is 7. The second-order valence-electron chi connectivity index (χ2n) is 6.37. The first kappa shape index (κ1) is 14.5. The SMILES string of the molecule is O[C@@H]1C[C@@H](c2nc(C3CC3)no2)C[C@@H]1CNc1ncc(F)cn1. The molecule has 0 aromatic carbocycles. The Labute approximate surface area is 132 Å². The molecular weight excluding hydrogens is 301 g/mol. The van der Waals surface area contributed by atoms with Crippen LogP contribution >= 0.6 is 0 Å². The lowest BCUT2D eigenvalue weighted by molar-refractivity contribution is 0.137. The predicted molar refractivity (Wildman–Crippen MR) is 78.2 cm³/mol. The van der Waals surface area contributed by atoms with E-state index in [1.165, 1.54) is 0 Å². The van der Waals surface area contributed by atoms with Gasteiger partial charge in [-0.25, -0.2) is 14.4 Å². The van der Waals surface area contributed by atoms with Gasteiger partial charge in [0.1, 0.15) is 0 Å². The topological polar surface area (TPSA) is 97.0 Å². The van der Waals surface area contributed by atoms with E-state index in [1.54, 1.807) is 0 Å². The van der Waals surface area contributed by atoms with Crippen molar-refractivity contribution in [3.05, 3.63) is 29.9 Å². The van der Waals surface area contributed by atoms with Gasteiger partial charge >= 0.3 is 0 Å². The molecule has 2 aliphatic rings. The molecule has 2 aromatic heterocycles. The maximum Gasteiger partial charge on any atom is 0.229 e. The molecule has 23 heavy (non-hydrogen) atoms. The first-order valence-electron chi connectivity index (χ1n) is 7.92. The molecule has 7 nitrogen and oxygen atoms in total. The van der Waals surface area contributed by atoms with E-state index in [9.17, 15) is 9.50 Å². The Morgan fingerprint density at radius 1 is 1.22 bits per heavy atom. The Morgan fingerprint density at radius 2 is 2.00 bits per heavy atom. The molecule has 0 radical (unpaired) electrons. The molecule has 0 aliphatic heterocycles. The zero-order chi connectivity index (χ0) is 15.8. The van der Waals surface area contributed by atoms with E-state index in [-0.39, 0.29) is 11.8 Å². The Kier molecular flexibility index (Phi) is 3.68. The van der Waals surface area contributed by atoms with E-state index < -0.39 is 11.9 Å². The third-order valence-electron chi connectivity index (χ3n) is 4.55. The van der Waals surface area contributed by atoms with E-state index in [0.29, 0.717) is 30.7 Å². The van der Waals surface area contributed by atoms with Crippen molar-refractivity contribution in [1.82, 2.24) is 20.1 Å². The summed E-state index contributed by atoms with van der Waals surface area (Å²) >= 11 is 0. The van der Waals surface area contributed by atoms with E-state index >= 15 is 0 Å². The van der Waals surface area contributed by atoms with Gasteiger partial charge in [0.05, 0.1) is 18.5 Å². The minimum Gasteiger partial charge on any atom is -0.393 e. The second kappa shape index (κ2) is 5.84. The van der Waals surface area contributed by atoms with Gasteiger partial charge < -0.3 is 14.9 Å². The lowest BCUT2D eigenvalue weighted by Crippen LogP contribution is -2.22. The summed E-state index contributed by atoms with van der Waals surface area (Å²) in [4.78, 5) is 12.2. The van der Waals surface area contributed by atoms with Crippen molar-refractivity contribution in [3.8, 4) is 0 Å². The van der Waals surface area contributed by atoms with E-state index in [4.69, 9.17) is 4.52 Å². The Bertz CT molecular complexity index is 673.